The van der Waals surface area contributed by atoms with Gasteiger partial charge in [0.05, 0.1) is 5.60 Å². The van der Waals surface area contributed by atoms with E-state index in [0.29, 0.717) is 17.6 Å². The molecule has 3 heteroatoms. The first kappa shape index (κ1) is 13.9. The van der Waals surface area contributed by atoms with Gasteiger partial charge in [-0.3, -0.25) is 4.79 Å². The van der Waals surface area contributed by atoms with Crippen molar-refractivity contribution in [2.75, 3.05) is 18.1 Å². The summed E-state index contributed by atoms with van der Waals surface area (Å²) in [5.41, 5.74) is 0.0635. The molecule has 3 atom stereocenters. The van der Waals surface area contributed by atoms with Crippen LogP contribution in [-0.2, 0) is 9.53 Å². The Hall–Kier alpha value is -0.0200. The number of Topliss-reactive ketones (excluding diaryl/α,β-unsaturated/α-hetero) is 1. The molecule has 3 unspecified atom stereocenters. The Morgan fingerprint density at radius 2 is 1.95 bits per heavy atom. The van der Waals surface area contributed by atoms with Gasteiger partial charge in [0, 0.05) is 18.4 Å². The molecule has 19 heavy (non-hydrogen) atoms. The van der Waals surface area contributed by atoms with Crippen molar-refractivity contribution in [2.24, 2.45) is 17.8 Å². The van der Waals surface area contributed by atoms with Gasteiger partial charge >= 0.3 is 0 Å². The molecule has 2 saturated heterocycles. The van der Waals surface area contributed by atoms with Crippen LogP contribution in [0.15, 0.2) is 0 Å². The van der Waals surface area contributed by atoms with Crippen LogP contribution in [0.5, 0.6) is 0 Å². The standard InChI is InChI=1S/C16H26O2S/c1-12-2-3-13(10-12)15(17)14-4-7-18-16(11-14)5-8-19-9-6-16/h12-14H,2-11H2,1H3. The molecule has 0 aromatic heterocycles. The second kappa shape index (κ2) is 5.77. The molecular weight excluding hydrogens is 256 g/mol. The molecule has 2 aliphatic heterocycles. The minimum absolute atomic E-state index is 0.0635. The van der Waals surface area contributed by atoms with E-state index in [9.17, 15) is 4.79 Å². The van der Waals surface area contributed by atoms with Crippen molar-refractivity contribution in [1.29, 1.82) is 0 Å². The lowest BCUT2D eigenvalue weighted by Gasteiger charge is -2.43. The summed E-state index contributed by atoms with van der Waals surface area (Å²) in [5.74, 6) is 4.42. The zero-order valence-electron chi connectivity index (χ0n) is 12.0. The maximum absolute atomic E-state index is 12.7. The highest BCUT2D eigenvalue weighted by atomic mass is 32.2. The van der Waals surface area contributed by atoms with E-state index >= 15 is 0 Å². The van der Waals surface area contributed by atoms with Gasteiger partial charge in [-0.05, 0) is 62.4 Å². The molecule has 1 spiro atoms. The molecule has 0 aromatic carbocycles. The highest BCUT2D eigenvalue weighted by molar-refractivity contribution is 7.99. The topological polar surface area (TPSA) is 26.3 Å². The molecule has 2 heterocycles. The summed E-state index contributed by atoms with van der Waals surface area (Å²) < 4.78 is 6.11. The number of carbonyl (C=O) groups excluding carboxylic acids is 1. The highest BCUT2D eigenvalue weighted by Crippen LogP contribution is 2.42. The van der Waals surface area contributed by atoms with E-state index in [1.807, 2.05) is 11.8 Å². The second-order valence-corrected chi connectivity index (χ2v) is 8.08. The maximum Gasteiger partial charge on any atom is 0.139 e. The van der Waals surface area contributed by atoms with Gasteiger partial charge in [0.25, 0.3) is 0 Å². The van der Waals surface area contributed by atoms with E-state index in [2.05, 4.69) is 6.92 Å². The zero-order chi connectivity index (χ0) is 13.3. The fourth-order valence-corrected chi connectivity index (χ4v) is 5.40. The quantitative estimate of drug-likeness (QED) is 0.773. The fraction of sp³-hybridized carbons (Fsp3) is 0.938. The van der Waals surface area contributed by atoms with Crippen molar-refractivity contribution < 1.29 is 9.53 Å². The summed E-state index contributed by atoms with van der Waals surface area (Å²) in [6.45, 7) is 3.10. The van der Waals surface area contributed by atoms with Crippen LogP contribution in [-0.4, -0.2) is 29.5 Å². The minimum atomic E-state index is 0.0635. The van der Waals surface area contributed by atoms with E-state index in [1.54, 1.807) is 0 Å². The third-order valence-corrected chi connectivity index (χ3v) is 6.38. The van der Waals surface area contributed by atoms with Crippen molar-refractivity contribution in [3.63, 3.8) is 0 Å². The van der Waals surface area contributed by atoms with Crippen molar-refractivity contribution in [3.05, 3.63) is 0 Å². The third kappa shape index (κ3) is 3.02. The molecule has 1 aliphatic carbocycles. The Bertz CT molecular complexity index is 330. The van der Waals surface area contributed by atoms with Crippen LogP contribution in [0, 0.1) is 17.8 Å². The average Bonchev–Trinajstić information content (AvgIpc) is 2.85. The molecule has 0 amide bonds. The second-order valence-electron chi connectivity index (χ2n) is 6.85. The zero-order valence-corrected chi connectivity index (χ0v) is 12.8. The first-order chi connectivity index (χ1) is 9.19. The molecule has 3 fully saturated rings. The van der Waals surface area contributed by atoms with Gasteiger partial charge in [-0.25, -0.2) is 0 Å². The molecule has 108 valence electrons. The van der Waals surface area contributed by atoms with Crippen LogP contribution in [0.3, 0.4) is 0 Å². The molecule has 0 bridgehead atoms. The van der Waals surface area contributed by atoms with Crippen molar-refractivity contribution in [1.82, 2.24) is 0 Å². The summed E-state index contributed by atoms with van der Waals surface area (Å²) >= 11 is 2.03. The number of hydrogen-bond donors (Lipinski definition) is 0. The van der Waals surface area contributed by atoms with Crippen LogP contribution in [0.25, 0.3) is 0 Å². The Kier molecular flexibility index (Phi) is 4.23. The van der Waals surface area contributed by atoms with E-state index in [-0.39, 0.29) is 5.60 Å². The molecule has 1 saturated carbocycles. The molecule has 3 aliphatic rings. The highest BCUT2D eigenvalue weighted by Gasteiger charge is 2.42. The SMILES string of the molecule is CC1CCC(C(=O)C2CCOC3(CCSCC3)C2)C1. The Labute approximate surface area is 121 Å². The number of ketones is 1. The van der Waals surface area contributed by atoms with Crippen LogP contribution in [0.2, 0.25) is 0 Å². The number of rotatable bonds is 2. The molecule has 3 rings (SSSR count). The summed E-state index contributed by atoms with van der Waals surface area (Å²) in [7, 11) is 0. The third-order valence-electron chi connectivity index (χ3n) is 5.40. The van der Waals surface area contributed by atoms with Gasteiger partial charge in [0.15, 0.2) is 0 Å². The van der Waals surface area contributed by atoms with Crippen molar-refractivity contribution in [3.8, 4) is 0 Å². The lowest BCUT2D eigenvalue weighted by atomic mass is 9.77. The number of carbonyl (C=O) groups is 1. The summed E-state index contributed by atoms with van der Waals surface area (Å²) in [6, 6.07) is 0. The lowest BCUT2D eigenvalue weighted by molar-refractivity contribution is -0.141. The van der Waals surface area contributed by atoms with Gasteiger partial charge in [-0.15, -0.1) is 0 Å². The van der Waals surface area contributed by atoms with Crippen LogP contribution in [0.4, 0.5) is 0 Å². The molecule has 0 radical (unpaired) electrons. The molecular formula is C16H26O2S. The first-order valence-electron chi connectivity index (χ1n) is 7.94. The van der Waals surface area contributed by atoms with E-state index < -0.39 is 0 Å². The largest absolute Gasteiger partial charge is 0.375 e. The van der Waals surface area contributed by atoms with E-state index in [1.165, 1.54) is 17.9 Å². The van der Waals surface area contributed by atoms with Crippen molar-refractivity contribution in [2.45, 2.75) is 57.5 Å². The predicted octanol–water partition coefficient (Wildman–Crippen LogP) is 3.68. The van der Waals surface area contributed by atoms with E-state index in [4.69, 9.17) is 4.74 Å². The Balaban J connectivity index is 1.62. The van der Waals surface area contributed by atoms with Crippen LogP contribution >= 0.6 is 11.8 Å². The normalized spacial score (nSPS) is 38.5. The minimum Gasteiger partial charge on any atom is -0.375 e. The summed E-state index contributed by atoms with van der Waals surface area (Å²) in [6.07, 6.45) is 7.82. The number of thioether (sulfide) groups is 1. The Morgan fingerprint density at radius 1 is 1.16 bits per heavy atom. The van der Waals surface area contributed by atoms with Gasteiger partial charge in [0.2, 0.25) is 0 Å². The number of ether oxygens (including phenoxy) is 1. The maximum atomic E-state index is 12.7. The summed E-state index contributed by atoms with van der Waals surface area (Å²) in [4.78, 5) is 12.7. The first-order valence-corrected chi connectivity index (χ1v) is 9.09. The molecule has 0 N–H and O–H groups in total. The molecule has 0 aromatic rings. The fourth-order valence-electron chi connectivity index (χ4n) is 4.16. The van der Waals surface area contributed by atoms with Gasteiger partial charge in [0.1, 0.15) is 5.78 Å². The van der Waals surface area contributed by atoms with Crippen LogP contribution in [0.1, 0.15) is 51.9 Å². The molecule has 2 nitrogen and oxygen atoms in total. The summed E-state index contributed by atoms with van der Waals surface area (Å²) in [5, 5.41) is 0. The van der Waals surface area contributed by atoms with E-state index in [0.717, 1.165) is 51.0 Å². The average molecular weight is 282 g/mol. The van der Waals surface area contributed by atoms with Crippen LogP contribution < -0.4 is 0 Å². The monoisotopic (exact) mass is 282 g/mol. The van der Waals surface area contributed by atoms with Gasteiger partial charge in [-0.1, -0.05) is 6.92 Å². The smallest absolute Gasteiger partial charge is 0.139 e. The lowest BCUT2D eigenvalue weighted by Crippen LogP contribution is -2.45. The van der Waals surface area contributed by atoms with Gasteiger partial charge < -0.3 is 4.74 Å². The van der Waals surface area contributed by atoms with Gasteiger partial charge in [-0.2, -0.15) is 11.8 Å². The number of hydrogen-bond acceptors (Lipinski definition) is 3. The van der Waals surface area contributed by atoms with Crippen molar-refractivity contribution >= 4 is 17.5 Å². The Morgan fingerprint density at radius 3 is 2.63 bits per heavy atom. The predicted molar refractivity (Wildman–Crippen MR) is 79.5 cm³/mol.